The molecule has 2 aliphatic rings. The highest BCUT2D eigenvalue weighted by molar-refractivity contribution is 5.85. The minimum absolute atomic E-state index is 0. The van der Waals surface area contributed by atoms with Crippen LogP contribution in [0.3, 0.4) is 0 Å². The van der Waals surface area contributed by atoms with Gasteiger partial charge in [0.1, 0.15) is 0 Å². The van der Waals surface area contributed by atoms with Gasteiger partial charge in [0.2, 0.25) is 5.91 Å². The van der Waals surface area contributed by atoms with Crippen molar-refractivity contribution in [2.45, 2.75) is 57.8 Å². The molecule has 5 heteroatoms. The summed E-state index contributed by atoms with van der Waals surface area (Å²) in [6.07, 6.45) is 3.46. The monoisotopic (exact) mass is 276 g/mol. The van der Waals surface area contributed by atoms with E-state index in [4.69, 9.17) is 4.74 Å². The van der Waals surface area contributed by atoms with Crippen LogP contribution in [-0.2, 0) is 9.53 Å². The Bertz CT molecular complexity index is 291. The molecule has 2 fully saturated rings. The fraction of sp³-hybridized carbons (Fsp3) is 0.923. The highest BCUT2D eigenvalue weighted by Gasteiger charge is 2.36. The summed E-state index contributed by atoms with van der Waals surface area (Å²) in [5.74, 6) is 0.257. The van der Waals surface area contributed by atoms with Crippen LogP contribution < -0.4 is 5.32 Å². The van der Waals surface area contributed by atoms with Crippen LogP contribution in [0.2, 0.25) is 0 Å². The maximum Gasteiger partial charge on any atom is 0.239 e. The van der Waals surface area contributed by atoms with Crippen LogP contribution in [0.25, 0.3) is 0 Å². The van der Waals surface area contributed by atoms with Crippen molar-refractivity contribution in [3.8, 4) is 0 Å². The maximum atomic E-state index is 12.4. The van der Waals surface area contributed by atoms with E-state index in [2.05, 4.69) is 19.2 Å². The van der Waals surface area contributed by atoms with Gasteiger partial charge in [-0.3, -0.25) is 4.79 Å². The Morgan fingerprint density at radius 1 is 1.39 bits per heavy atom. The molecule has 4 nitrogen and oxygen atoms in total. The number of ether oxygens (including phenoxy) is 1. The Morgan fingerprint density at radius 3 is 2.67 bits per heavy atom. The van der Waals surface area contributed by atoms with E-state index in [-0.39, 0.29) is 36.1 Å². The molecular weight excluding hydrogens is 252 g/mol. The number of hydrogen-bond donors (Lipinski definition) is 1. The van der Waals surface area contributed by atoms with Crippen LogP contribution >= 0.6 is 12.4 Å². The average molecular weight is 277 g/mol. The van der Waals surface area contributed by atoms with Crippen molar-refractivity contribution in [1.82, 2.24) is 10.2 Å². The number of carbonyl (C=O) groups excluding carboxylic acids is 1. The molecule has 18 heavy (non-hydrogen) atoms. The number of piperidine rings is 1. The molecule has 106 valence electrons. The van der Waals surface area contributed by atoms with Crippen molar-refractivity contribution in [2.75, 3.05) is 19.6 Å². The maximum absolute atomic E-state index is 12.4. The largest absolute Gasteiger partial charge is 0.369 e. The highest BCUT2D eigenvalue weighted by atomic mass is 35.5. The lowest BCUT2D eigenvalue weighted by atomic mass is 10.0. The SMILES string of the molecule is CC1CN(C(=O)[C@H]2CCCCN2)CC(C)(C)O1.Cl. The van der Waals surface area contributed by atoms with Crippen molar-refractivity contribution < 1.29 is 9.53 Å². The van der Waals surface area contributed by atoms with Crippen LogP contribution in [0.4, 0.5) is 0 Å². The quantitative estimate of drug-likeness (QED) is 0.791. The minimum atomic E-state index is -0.220. The molecule has 0 aromatic rings. The van der Waals surface area contributed by atoms with Gasteiger partial charge in [-0.05, 0) is 40.2 Å². The second kappa shape index (κ2) is 6.22. The lowest BCUT2D eigenvalue weighted by Gasteiger charge is -2.43. The van der Waals surface area contributed by atoms with Crippen LogP contribution in [0.5, 0.6) is 0 Å². The summed E-state index contributed by atoms with van der Waals surface area (Å²) in [7, 11) is 0. The molecule has 0 saturated carbocycles. The number of halogens is 1. The number of hydrogen-bond acceptors (Lipinski definition) is 3. The highest BCUT2D eigenvalue weighted by Crippen LogP contribution is 2.22. The molecule has 2 aliphatic heterocycles. The molecule has 0 aromatic heterocycles. The summed E-state index contributed by atoms with van der Waals surface area (Å²) in [5, 5.41) is 3.33. The lowest BCUT2D eigenvalue weighted by molar-refractivity contribution is -0.160. The van der Waals surface area contributed by atoms with E-state index >= 15 is 0 Å². The number of nitrogens with one attached hydrogen (secondary N) is 1. The van der Waals surface area contributed by atoms with E-state index < -0.39 is 0 Å². The van der Waals surface area contributed by atoms with E-state index in [1.807, 2.05) is 11.8 Å². The Morgan fingerprint density at radius 2 is 2.11 bits per heavy atom. The number of nitrogens with zero attached hydrogens (tertiary/aromatic N) is 1. The Labute approximate surface area is 116 Å². The molecule has 0 aromatic carbocycles. The van der Waals surface area contributed by atoms with Gasteiger partial charge in [0, 0.05) is 13.1 Å². The van der Waals surface area contributed by atoms with Gasteiger partial charge in [-0.15, -0.1) is 12.4 Å². The predicted molar refractivity (Wildman–Crippen MR) is 74.1 cm³/mol. The van der Waals surface area contributed by atoms with Crippen LogP contribution in [0.1, 0.15) is 40.0 Å². The van der Waals surface area contributed by atoms with E-state index in [1.54, 1.807) is 0 Å². The zero-order chi connectivity index (χ0) is 12.5. The number of morpholine rings is 1. The standard InChI is InChI=1S/C13H24N2O2.ClH/c1-10-8-15(9-13(2,3)17-10)12(16)11-6-4-5-7-14-11;/h10-11,14H,4-9H2,1-3H3;1H/t10?,11-;/m1./s1. The van der Waals surface area contributed by atoms with Gasteiger partial charge in [0.05, 0.1) is 17.7 Å². The van der Waals surface area contributed by atoms with Crippen LogP contribution in [-0.4, -0.2) is 48.2 Å². The first-order valence-corrected chi connectivity index (χ1v) is 6.68. The average Bonchev–Trinajstić information content (AvgIpc) is 2.26. The van der Waals surface area contributed by atoms with Crippen molar-refractivity contribution in [2.24, 2.45) is 0 Å². The molecule has 0 aliphatic carbocycles. The van der Waals surface area contributed by atoms with Gasteiger partial charge >= 0.3 is 0 Å². The smallest absolute Gasteiger partial charge is 0.239 e. The van der Waals surface area contributed by atoms with Gasteiger partial charge < -0.3 is 15.0 Å². The number of amides is 1. The summed E-state index contributed by atoms with van der Waals surface area (Å²) in [6.45, 7) is 8.54. The Hall–Kier alpha value is -0.320. The lowest BCUT2D eigenvalue weighted by Crippen LogP contribution is -2.58. The van der Waals surface area contributed by atoms with Gasteiger partial charge in [-0.2, -0.15) is 0 Å². The van der Waals surface area contributed by atoms with Crippen molar-refractivity contribution in [3.05, 3.63) is 0 Å². The van der Waals surface area contributed by atoms with Gasteiger partial charge in [-0.1, -0.05) is 6.42 Å². The van der Waals surface area contributed by atoms with E-state index in [0.717, 1.165) is 25.9 Å². The third-order valence-electron chi connectivity index (χ3n) is 3.49. The van der Waals surface area contributed by atoms with E-state index in [0.29, 0.717) is 6.54 Å². The van der Waals surface area contributed by atoms with Gasteiger partial charge in [0.25, 0.3) is 0 Å². The predicted octanol–water partition coefficient (Wildman–Crippen LogP) is 1.58. The first kappa shape index (κ1) is 15.7. The van der Waals surface area contributed by atoms with E-state index in [1.165, 1.54) is 6.42 Å². The molecule has 0 bridgehead atoms. The molecule has 0 spiro atoms. The molecule has 2 heterocycles. The molecule has 2 saturated heterocycles. The zero-order valence-electron chi connectivity index (χ0n) is 11.6. The number of carbonyl (C=O) groups is 1. The number of rotatable bonds is 1. The van der Waals surface area contributed by atoms with Gasteiger partial charge in [-0.25, -0.2) is 0 Å². The summed E-state index contributed by atoms with van der Waals surface area (Å²) >= 11 is 0. The third-order valence-corrected chi connectivity index (χ3v) is 3.49. The molecule has 1 unspecified atom stereocenters. The summed E-state index contributed by atoms with van der Waals surface area (Å²) in [5.41, 5.74) is -0.220. The second-order valence-electron chi connectivity index (χ2n) is 5.91. The first-order valence-electron chi connectivity index (χ1n) is 6.68. The topological polar surface area (TPSA) is 41.6 Å². The van der Waals surface area contributed by atoms with Gasteiger partial charge in [0.15, 0.2) is 0 Å². The molecule has 2 rings (SSSR count). The summed E-state index contributed by atoms with van der Waals surface area (Å²) < 4.78 is 5.83. The Kier molecular flexibility index (Phi) is 5.44. The fourth-order valence-electron chi connectivity index (χ4n) is 2.90. The third kappa shape index (κ3) is 3.84. The van der Waals surface area contributed by atoms with Crippen LogP contribution in [0, 0.1) is 0 Å². The van der Waals surface area contributed by atoms with Crippen molar-refractivity contribution >= 4 is 18.3 Å². The van der Waals surface area contributed by atoms with Crippen LogP contribution in [0.15, 0.2) is 0 Å². The van der Waals surface area contributed by atoms with Crippen molar-refractivity contribution in [3.63, 3.8) is 0 Å². The molecule has 0 radical (unpaired) electrons. The normalized spacial score (nSPS) is 31.6. The zero-order valence-corrected chi connectivity index (χ0v) is 12.4. The first-order chi connectivity index (χ1) is 7.98. The molecule has 1 N–H and O–H groups in total. The van der Waals surface area contributed by atoms with E-state index in [9.17, 15) is 4.79 Å². The second-order valence-corrected chi connectivity index (χ2v) is 5.91. The Balaban J connectivity index is 0.00000162. The molecule has 2 atom stereocenters. The minimum Gasteiger partial charge on any atom is -0.369 e. The molecule has 1 amide bonds. The molecular formula is C13H25ClN2O2. The summed E-state index contributed by atoms with van der Waals surface area (Å²) in [4.78, 5) is 14.4. The fourth-order valence-corrected chi connectivity index (χ4v) is 2.90. The van der Waals surface area contributed by atoms with Crippen molar-refractivity contribution in [1.29, 1.82) is 0 Å². The summed E-state index contributed by atoms with van der Waals surface area (Å²) in [6, 6.07) is 0.0323.